The van der Waals surface area contributed by atoms with Crippen molar-refractivity contribution in [2.45, 2.75) is 110 Å². The monoisotopic (exact) mass is 588 g/mol. The number of para-hydroxylation sites is 1. The van der Waals surface area contributed by atoms with Crippen molar-refractivity contribution in [2.75, 3.05) is 6.61 Å². The lowest BCUT2D eigenvalue weighted by Crippen LogP contribution is -2.43. The first-order valence-electron chi connectivity index (χ1n) is 17.0. The molecule has 0 amide bonds. The number of carbonyl (C=O) groups is 2. The second-order valence-electron chi connectivity index (χ2n) is 14.2. The minimum absolute atomic E-state index is 0.142. The minimum Gasteiger partial charge on any atom is -0.493 e. The molecule has 5 rings (SSSR count). The zero-order chi connectivity index (χ0) is 30.2. The summed E-state index contributed by atoms with van der Waals surface area (Å²) in [6.45, 7) is 3.24. The third kappa shape index (κ3) is 8.22. The van der Waals surface area contributed by atoms with E-state index >= 15 is 0 Å². The Bertz CT molecular complexity index is 1220. The Hall–Kier alpha value is -2.82. The van der Waals surface area contributed by atoms with Crippen LogP contribution in [0.5, 0.6) is 5.75 Å². The summed E-state index contributed by atoms with van der Waals surface area (Å²) in [5.74, 6) is 1.79. The molecule has 0 radical (unpaired) electrons. The van der Waals surface area contributed by atoms with Gasteiger partial charge in [-0.05, 0) is 122 Å². The van der Waals surface area contributed by atoms with Crippen LogP contribution in [-0.4, -0.2) is 28.8 Å². The van der Waals surface area contributed by atoms with Crippen LogP contribution >= 0.6 is 0 Å². The molecule has 2 fully saturated rings. The second kappa shape index (κ2) is 14.8. The van der Waals surface area contributed by atoms with Gasteiger partial charge in [0.2, 0.25) is 0 Å². The number of fused-ring (bicyclic) bond motifs is 2. The van der Waals surface area contributed by atoms with Crippen LogP contribution in [0.2, 0.25) is 0 Å². The van der Waals surface area contributed by atoms with E-state index in [9.17, 15) is 14.7 Å². The number of ether oxygens (including phenoxy) is 1. The Balaban J connectivity index is 1.25. The Morgan fingerprint density at radius 3 is 2.49 bits per heavy atom. The normalized spacial score (nSPS) is 26.5. The Morgan fingerprint density at radius 2 is 1.67 bits per heavy atom. The highest BCUT2D eigenvalue weighted by molar-refractivity contribution is 5.70. The van der Waals surface area contributed by atoms with Crippen LogP contribution in [-0.2, 0) is 28.9 Å². The number of carboxylic acids is 2. The highest BCUT2D eigenvalue weighted by atomic mass is 16.5. The molecule has 4 unspecified atom stereocenters. The molecule has 0 spiro atoms. The number of hydrogen-bond donors (Lipinski definition) is 2. The van der Waals surface area contributed by atoms with E-state index in [1.54, 1.807) is 0 Å². The standard InChI is InChI=1S/C38H52O5/c1-38(22-8-2-3-16-36(39)40,34-14-9-13-31-25-32(37(41)42)19-20-33(31)34)23-21-29-11-6-7-15-35(29)43-26-27-17-18-28-10-4-5-12-30(28)24-27/h4-7,10-12,15,27,31-34H,2-3,8-9,13-14,16-26H2,1H3,(H,39,40)(H,41,42)/t27-,31+,32?,33?,34?,38?/m0/s1. The number of aliphatic carboxylic acids is 2. The highest BCUT2D eigenvalue weighted by Gasteiger charge is 2.46. The quantitative estimate of drug-likeness (QED) is 0.216. The topological polar surface area (TPSA) is 83.8 Å². The lowest BCUT2D eigenvalue weighted by molar-refractivity contribution is -0.145. The van der Waals surface area contributed by atoms with Crippen molar-refractivity contribution >= 4 is 11.9 Å². The molecular formula is C38H52O5. The van der Waals surface area contributed by atoms with Crippen LogP contribution in [0.1, 0.15) is 107 Å². The zero-order valence-electron chi connectivity index (χ0n) is 26.1. The molecule has 3 aliphatic rings. The summed E-state index contributed by atoms with van der Waals surface area (Å²) < 4.78 is 6.55. The van der Waals surface area contributed by atoms with E-state index in [2.05, 4.69) is 55.5 Å². The molecule has 5 nitrogen and oxygen atoms in total. The largest absolute Gasteiger partial charge is 0.493 e. The van der Waals surface area contributed by atoms with Crippen molar-refractivity contribution in [3.8, 4) is 5.75 Å². The van der Waals surface area contributed by atoms with Gasteiger partial charge in [0.15, 0.2) is 0 Å². The Kier molecular flexibility index (Phi) is 10.9. The molecule has 0 aliphatic heterocycles. The molecule has 2 aromatic carbocycles. The minimum atomic E-state index is -0.706. The van der Waals surface area contributed by atoms with Crippen LogP contribution in [0, 0.1) is 35.0 Å². The van der Waals surface area contributed by atoms with Crippen molar-refractivity contribution < 1.29 is 24.5 Å². The fourth-order valence-corrected chi connectivity index (χ4v) is 8.92. The zero-order valence-corrected chi connectivity index (χ0v) is 26.1. The Labute approximate surface area is 258 Å². The summed E-state index contributed by atoms with van der Waals surface area (Å²) in [6, 6.07) is 17.4. The van der Waals surface area contributed by atoms with E-state index in [0.29, 0.717) is 23.7 Å². The summed E-state index contributed by atoms with van der Waals surface area (Å²) in [5.41, 5.74) is 4.39. The molecule has 0 saturated heterocycles. The van der Waals surface area contributed by atoms with Crippen LogP contribution < -0.4 is 4.74 Å². The smallest absolute Gasteiger partial charge is 0.306 e. The molecule has 0 aromatic heterocycles. The van der Waals surface area contributed by atoms with E-state index < -0.39 is 11.9 Å². The fourth-order valence-electron chi connectivity index (χ4n) is 8.92. The summed E-state index contributed by atoms with van der Waals surface area (Å²) in [5, 5.41) is 18.8. The average molecular weight is 589 g/mol. The maximum Gasteiger partial charge on any atom is 0.306 e. The summed E-state index contributed by atoms with van der Waals surface area (Å²) >= 11 is 0. The number of unbranched alkanes of at least 4 members (excludes halogenated alkanes) is 2. The first-order chi connectivity index (χ1) is 20.8. The molecule has 5 heteroatoms. The van der Waals surface area contributed by atoms with E-state index in [0.717, 1.165) is 83.0 Å². The van der Waals surface area contributed by atoms with Gasteiger partial charge < -0.3 is 14.9 Å². The van der Waals surface area contributed by atoms with E-state index in [1.165, 1.54) is 42.4 Å². The molecule has 43 heavy (non-hydrogen) atoms. The van der Waals surface area contributed by atoms with Crippen molar-refractivity contribution in [1.82, 2.24) is 0 Å². The number of benzene rings is 2. The number of rotatable bonds is 14. The van der Waals surface area contributed by atoms with E-state index in [4.69, 9.17) is 9.84 Å². The van der Waals surface area contributed by atoms with Crippen molar-refractivity contribution in [3.63, 3.8) is 0 Å². The van der Waals surface area contributed by atoms with Gasteiger partial charge >= 0.3 is 11.9 Å². The molecule has 2 N–H and O–H groups in total. The molecule has 6 atom stereocenters. The van der Waals surface area contributed by atoms with E-state index in [-0.39, 0.29) is 17.8 Å². The molecule has 0 bridgehead atoms. The van der Waals surface area contributed by atoms with Crippen molar-refractivity contribution in [2.24, 2.45) is 35.0 Å². The first-order valence-corrected chi connectivity index (χ1v) is 17.0. The maximum atomic E-state index is 11.8. The molecular weight excluding hydrogens is 536 g/mol. The van der Waals surface area contributed by atoms with Gasteiger partial charge in [-0.3, -0.25) is 9.59 Å². The van der Waals surface area contributed by atoms with Gasteiger partial charge in [-0.1, -0.05) is 75.1 Å². The van der Waals surface area contributed by atoms with Gasteiger partial charge in [0.1, 0.15) is 5.75 Å². The second-order valence-corrected chi connectivity index (χ2v) is 14.2. The molecule has 2 saturated carbocycles. The van der Waals surface area contributed by atoms with Crippen LogP contribution in [0.15, 0.2) is 48.5 Å². The Morgan fingerprint density at radius 1 is 0.884 bits per heavy atom. The summed E-state index contributed by atoms with van der Waals surface area (Å²) in [4.78, 5) is 22.9. The lowest BCUT2D eigenvalue weighted by atomic mass is 9.54. The predicted molar refractivity (Wildman–Crippen MR) is 170 cm³/mol. The van der Waals surface area contributed by atoms with Gasteiger partial charge in [0.25, 0.3) is 0 Å². The summed E-state index contributed by atoms with van der Waals surface area (Å²) in [7, 11) is 0. The third-order valence-corrected chi connectivity index (χ3v) is 11.4. The van der Waals surface area contributed by atoms with E-state index in [1.807, 2.05) is 0 Å². The van der Waals surface area contributed by atoms with Crippen LogP contribution in [0.4, 0.5) is 0 Å². The molecule has 0 heterocycles. The first kappa shape index (κ1) is 31.6. The SMILES string of the molecule is CC(CCCCCC(=O)O)(CCc1ccccc1OC[C@H]1CCc2ccccc2C1)C1CCC[C@@H]2CC(C(=O)O)CCC12. The predicted octanol–water partition coefficient (Wildman–Crippen LogP) is 8.76. The molecule has 234 valence electrons. The van der Waals surface area contributed by atoms with Crippen LogP contribution in [0.25, 0.3) is 0 Å². The number of aryl methyl sites for hydroxylation is 2. The number of hydrogen-bond acceptors (Lipinski definition) is 3. The molecule has 3 aliphatic carbocycles. The van der Waals surface area contributed by atoms with Crippen LogP contribution in [0.3, 0.4) is 0 Å². The third-order valence-electron chi connectivity index (χ3n) is 11.4. The van der Waals surface area contributed by atoms with Crippen molar-refractivity contribution in [1.29, 1.82) is 0 Å². The van der Waals surface area contributed by atoms with Gasteiger partial charge in [-0.2, -0.15) is 0 Å². The van der Waals surface area contributed by atoms with Gasteiger partial charge in [0.05, 0.1) is 12.5 Å². The van der Waals surface area contributed by atoms with Gasteiger partial charge in [-0.25, -0.2) is 0 Å². The summed E-state index contributed by atoms with van der Waals surface area (Å²) in [6.07, 6.45) is 15.8. The lowest BCUT2D eigenvalue weighted by Gasteiger charge is -2.51. The molecule has 2 aromatic rings. The highest BCUT2D eigenvalue weighted by Crippen LogP contribution is 2.54. The average Bonchev–Trinajstić information content (AvgIpc) is 3.02. The van der Waals surface area contributed by atoms with Crippen molar-refractivity contribution in [3.05, 3.63) is 65.2 Å². The number of carboxylic acid groups (broad SMARTS) is 2. The fraction of sp³-hybridized carbons (Fsp3) is 0.632. The van der Waals surface area contributed by atoms with Gasteiger partial charge in [0, 0.05) is 6.42 Å². The van der Waals surface area contributed by atoms with Gasteiger partial charge in [-0.15, -0.1) is 0 Å². The maximum absolute atomic E-state index is 11.8.